The van der Waals surface area contributed by atoms with Crippen LogP contribution in [0.2, 0.25) is 5.15 Å². The molecule has 6 nitrogen and oxygen atoms in total. The summed E-state index contributed by atoms with van der Waals surface area (Å²) in [5.41, 5.74) is 0.957. The zero-order chi connectivity index (χ0) is 18.9. The number of nitrogens with one attached hydrogen (secondary N) is 2. The third-order valence-electron chi connectivity index (χ3n) is 3.54. The summed E-state index contributed by atoms with van der Waals surface area (Å²) < 4.78 is 5.45. The number of H-pyrrole nitrogens is 1. The van der Waals surface area contributed by atoms with Crippen molar-refractivity contribution in [2.24, 2.45) is 0 Å². The molecule has 0 saturated heterocycles. The van der Waals surface area contributed by atoms with Crippen molar-refractivity contribution in [2.75, 3.05) is 5.32 Å². The van der Waals surface area contributed by atoms with Crippen molar-refractivity contribution in [3.63, 3.8) is 0 Å². The van der Waals surface area contributed by atoms with Gasteiger partial charge in [-0.15, -0.1) is 0 Å². The number of nitrogens with zero attached hydrogens (tertiary/aromatic N) is 1. The summed E-state index contributed by atoms with van der Waals surface area (Å²) in [6, 6.07) is 10.3. The second kappa shape index (κ2) is 6.80. The quantitative estimate of drug-likeness (QED) is 0.527. The van der Waals surface area contributed by atoms with Crippen molar-refractivity contribution < 1.29 is 14.3 Å². The van der Waals surface area contributed by atoms with E-state index in [4.69, 9.17) is 16.3 Å². The second-order valence-electron chi connectivity index (χ2n) is 6.74. The number of aromatic amines is 1. The molecule has 0 unspecified atom stereocenters. The van der Waals surface area contributed by atoms with Gasteiger partial charge in [-0.1, -0.05) is 29.8 Å². The Balaban J connectivity index is 2.02. The van der Waals surface area contributed by atoms with E-state index in [0.717, 1.165) is 5.52 Å². The minimum Gasteiger partial charge on any atom is -0.455 e. The van der Waals surface area contributed by atoms with E-state index in [1.54, 1.807) is 26.8 Å². The molecule has 3 rings (SSSR count). The fourth-order valence-electron chi connectivity index (χ4n) is 2.48. The number of para-hydroxylation sites is 1. The number of rotatable bonds is 3. The van der Waals surface area contributed by atoms with Crippen LogP contribution in [0.1, 0.15) is 41.6 Å². The summed E-state index contributed by atoms with van der Waals surface area (Å²) in [5.74, 6) is -0.944. The number of anilines is 1. The molecule has 0 saturated carbocycles. The van der Waals surface area contributed by atoms with Gasteiger partial charge in [-0.2, -0.15) is 0 Å². The van der Waals surface area contributed by atoms with Crippen LogP contribution >= 0.6 is 11.6 Å². The Morgan fingerprint density at radius 3 is 2.62 bits per heavy atom. The molecule has 2 aromatic heterocycles. The SMILES string of the molecule is CC(C)(C)OC(=O)c1[nH]c2ccccc2c1NC(=O)c1ccnc(Cl)c1. The summed E-state index contributed by atoms with van der Waals surface area (Å²) in [5, 5.41) is 3.71. The van der Waals surface area contributed by atoms with Gasteiger partial charge in [-0.3, -0.25) is 4.79 Å². The minimum atomic E-state index is -0.658. The predicted molar refractivity (Wildman–Crippen MR) is 101 cm³/mol. The molecule has 26 heavy (non-hydrogen) atoms. The first kappa shape index (κ1) is 17.9. The van der Waals surface area contributed by atoms with Gasteiger partial charge in [0.05, 0.1) is 5.69 Å². The van der Waals surface area contributed by atoms with Crippen molar-refractivity contribution in [3.05, 3.63) is 59.0 Å². The van der Waals surface area contributed by atoms with Crippen LogP contribution in [0.4, 0.5) is 5.69 Å². The van der Waals surface area contributed by atoms with Gasteiger partial charge in [0, 0.05) is 22.7 Å². The number of benzene rings is 1. The molecule has 0 fully saturated rings. The first-order valence-corrected chi connectivity index (χ1v) is 8.39. The van der Waals surface area contributed by atoms with Gasteiger partial charge in [0.15, 0.2) is 0 Å². The molecule has 0 atom stereocenters. The Bertz CT molecular complexity index is 989. The molecule has 134 valence electrons. The number of fused-ring (bicyclic) bond motifs is 1. The van der Waals surface area contributed by atoms with Gasteiger partial charge >= 0.3 is 5.97 Å². The number of hydrogen-bond acceptors (Lipinski definition) is 4. The number of aromatic nitrogens is 2. The summed E-state index contributed by atoms with van der Waals surface area (Å²) in [6.07, 6.45) is 1.45. The Kier molecular flexibility index (Phi) is 4.70. The maximum atomic E-state index is 12.6. The van der Waals surface area contributed by atoms with Gasteiger partial charge in [0.25, 0.3) is 5.91 Å². The lowest BCUT2D eigenvalue weighted by atomic mass is 10.1. The molecule has 0 bridgehead atoms. The van der Waals surface area contributed by atoms with Crippen LogP contribution < -0.4 is 5.32 Å². The number of esters is 1. The third-order valence-corrected chi connectivity index (χ3v) is 3.74. The first-order chi connectivity index (χ1) is 12.2. The van der Waals surface area contributed by atoms with E-state index < -0.39 is 17.5 Å². The standard InChI is InChI=1S/C19H18ClN3O3/c1-19(2,3)26-18(25)16-15(12-6-4-5-7-13(12)22-16)23-17(24)11-8-9-21-14(20)10-11/h4-10,22H,1-3H3,(H,23,24). The molecule has 0 aliphatic heterocycles. The highest BCUT2D eigenvalue weighted by Gasteiger charge is 2.25. The monoisotopic (exact) mass is 371 g/mol. The van der Waals surface area contributed by atoms with E-state index >= 15 is 0 Å². The number of halogens is 1. The van der Waals surface area contributed by atoms with Crippen molar-refractivity contribution in [1.29, 1.82) is 0 Å². The molecule has 0 aliphatic carbocycles. The summed E-state index contributed by atoms with van der Waals surface area (Å²) in [6.45, 7) is 5.35. The highest BCUT2D eigenvalue weighted by molar-refractivity contribution is 6.29. The number of carbonyl (C=O) groups is 2. The van der Waals surface area contributed by atoms with Crippen LogP contribution in [0.5, 0.6) is 0 Å². The van der Waals surface area contributed by atoms with Crippen molar-refractivity contribution in [1.82, 2.24) is 9.97 Å². The number of ether oxygens (including phenoxy) is 1. The first-order valence-electron chi connectivity index (χ1n) is 8.01. The molecular weight excluding hydrogens is 354 g/mol. The van der Waals surface area contributed by atoms with Gasteiger partial charge < -0.3 is 15.0 Å². The molecule has 0 radical (unpaired) electrons. The van der Waals surface area contributed by atoms with Gasteiger partial charge in [0.1, 0.15) is 16.4 Å². The minimum absolute atomic E-state index is 0.189. The van der Waals surface area contributed by atoms with Crippen LogP contribution in [0, 0.1) is 0 Å². The number of pyridine rings is 1. The van der Waals surface area contributed by atoms with Crippen LogP contribution in [-0.2, 0) is 4.74 Å². The summed E-state index contributed by atoms with van der Waals surface area (Å²) in [4.78, 5) is 32.1. The molecule has 3 aromatic rings. The Morgan fingerprint density at radius 2 is 1.92 bits per heavy atom. The average molecular weight is 372 g/mol. The maximum absolute atomic E-state index is 12.6. The van der Waals surface area contributed by atoms with Gasteiger partial charge in [-0.25, -0.2) is 9.78 Å². The van der Waals surface area contributed by atoms with E-state index in [0.29, 0.717) is 16.6 Å². The molecule has 0 aliphatic rings. The molecule has 2 heterocycles. The van der Waals surface area contributed by atoms with Gasteiger partial charge in [0.2, 0.25) is 0 Å². The van der Waals surface area contributed by atoms with E-state index in [1.807, 2.05) is 24.3 Å². The molecule has 1 amide bonds. The number of carbonyl (C=O) groups excluding carboxylic acids is 2. The third kappa shape index (κ3) is 3.86. The lowest BCUT2D eigenvalue weighted by Crippen LogP contribution is -2.25. The van der Waals surface area contributed by atoms with Crippen molar-refractivity contribution in [2.45, 2.75) is 26.4 Å². The largest absolute Gasteiger partial charge is 0.455 e. The Hall–Kier alpha value is -2.86. The van der Waals surface area contributed by atoms with E-state index in [9.17, 15) is 9.59 Å². The molecule has 2 N–H and O–H groups in total. The number of hydrogen-bond donors (Lipinski definition) is 2. The van der Waals surface area contributed by atoms with Crippen LogP contribution in [0.15, 0.2) is 42.6 Å². The topological polar surface area (TPSA) is 84.1 Å². The molecule has 7 heteroatoms. The van der Waals surface area contributed by atoms with Crippen molar-refractivity contribution >= 4 is 40.1 Å². The fraction of sp³-hybridized carbons (Fsp3) is 0.211. The van der Waals surface area contributed by atoms with E-state index in [1.165, 1.54) is 12.3 Å². The average Bonchev–Trinajstić information content (AvgIpc) is 2.92. The van der Waals surface area contributed by atoms with Gasteiger partial charge in [-0.05, 0) is 39.0 Å². The highest BCUT2D eigenvalue weighted by atomic mass is 35.5. The lowest BCUT2D eigenvalue weighted by molar-refractivity contribution is 0.00651. The van der Waals surface area contributed by atoms with E-state index in [2.05, 4.69) is 15.3 Å². The van der Waals surface area contributed by atoms with Crippen LogP contribution in [0.25, 0.3) is 10.9 Å². The van der Waals surface area contributed by atoms with Crippen LogP contribution in [0.3, 0.4) is 0 Å². The lowest BCUT2D eigenvalue weighted by Gasteiger charge is -2.19. The second-order valence-corrected chi connectivity index (χ2v) is 7.13. The van der Waals surface area contributed by atoms with E-state index in [-0.39, 0.29) is 10.8 Å². The summed E-state index contributed by atoms with van der Waals surface area (Å²) >= 11 is 5.85. The molecular formula is C19H18ClN3O3. The zero-order valence-electron chi connectivity index (χ0n) is 14.6. The van der Waals surface area contributed by atoms with Crippen LogP contribution in [-0.4, -0.2) is 27.4 Å². The number of amides is 1. The zero-order valence-corrected chi connectivity index (χ0v) is 15.3. The molecule has 0 spiro atoms. The normalized spacial score (nSPS) is 11.4. The molecule has 1 aromatic carbocycles. The summed E-state index contributed by atoms with van der Waals surface area (Å²) in [7, 11) is 0. The van der Waals surface area contributed by atoms with Crippen molar-refractivity contribution in [3.8, 4) is 0 Å². The maximum Gasteiger partial charge on any atom is 0.357 e. The fourth-order valence-corrected chi connectivity index (χ4v) is 2.66. The smallest absolute Gasteiger partial charge is 0.357 e. The highest BCUT2D eigenvalue weighted by Crippen LogP contribution is 2.29. The Morgan fingerprint density at radius 1 is 1.19 bits per heavy atom. The Labute approximate surface area is 155 Å². The predicted octanol–water partition coefficient (Wildman–Crippen LogP) is 4.42.